The summed E-state index contributed by atoms with van der Waals surface area (Å²) in [4.78, 5) is 23.5. The average Bonchev–Trinajstić information content (AvgIpc) is 2.55. The number of rotatable bonds is 3. The molecule has 24 heavy (non-hydrogen) atoms. The van der Waals surface area contributed by atoms with Crippen molar-refractivity contribution in [3.05, 3.63) is 48.5 Å². The zero-order valence-electron chi connectivity index (χ0n) is 13.4. The third kappa shape index (κ3) is 3.48. The number of carbonyl (C=O) groups is 2. The van der Waals surface area contributed by atoms with Crippen LogP contribution in [0.5, 0.6) is 11.5 Å². The van der Waals surface area contributed by atoms with E-state index in [4.69, 9.17) is 9.47 Å². The Kier molecular flexibility index (Phi) is 4.37. The third-order valence-corrected chi connectivity index (χ3v) is 3.57. The second-order valence-electron chi connectivity index (χ2n) is 5.56. The molecule has 2 N–H and O–H groups in total. The largest absolute Gasteiger partial charge is 0.482 e. The number of hydrogen-bond acceptors (Lipinski definition) is 4. The Morgan fingerprint density at radius 1 is 0.875 bits per heavy atom. The van der Waals surface area contributed by atoms with Gasteiger partial charge >= 0.3 is 0 Å². The minimum atomic E-state index is -0.741. The molecule has 0 unspecified atom stereocenters. The molecule has 2 aromatic carbocycles. The summed E-state index contributed by atoms with van der Waals surface area (Å²) in [7, 11) is 0. The Labute approximate surface area is 139 Å². The fourth-order valence-electron chi connectivity index (χ4n) is 2.46. The Bertz CT molecular complexity index is 758. The summed E-state index contributed by atoms with van der Waals surface area (Å²) in [5.41, 5.74) is 1.28. The Morgan fingerprint density at radius 3 is 2.00 bits per heavy atom. The Balaban J connectivity index is 1.68. The van der Waals surface area contributed by atoms with Crippen LogP contribution in [0.3, 0.4) is 0 Å². The van der Waals surface area contributed by atoms with Gasteiger partial charge in [-0.25, -0.2) is 0 Å². The van der Waals surface area contributed by atoms with Crippen molar-refractivity contribution in [3.63, 3.8) is 0 Å². The van der Waals surface area contributed by atoms with Gasteiger partial charge in [0.05, 0.1) is 0 Å². The Morgan fingerprint density at radius 2 is 1.42 bits per heavy atom. The lowest BCUT2D eigenvalue weighted by molar-refractivity contribution is -0.128. The fourth-order valence-corrected chi connectivity index (χ4v) is 2.46. The van der Waals surface area contributed by atoms with Crippen molar-refractivity contribution in [1.29, 1.82) is 0 Å². The van der Waals surface area contributed by atoms with Gasteiger partial charge in [-0.05, 0) is 43.3 Å². The molecule has 0 radical (unpaired) electrons. The van der Waals surface area contributed by atoms with E-state index in [1.807, 2.05) is 12.1 Å². The maximum absolute atomic E-state index is 12.5. The SMILES string of the molecule is CC(=O)Nc1ccc(NC(=O)[C@@H]2Oc3ccccc3O[C@@H]2C)cc1. The molecular formula is C18H18N2O4. The molecule has 0 saturated carbocycles. The summed E-state index contributed by atoms with van der Waals surface area (Å²) < 4.78 is 11.5. The first-order valence-corrected chi connectivity index (χ1v) is 7.64. The molecule has 2 atom stereocenters. The predicted molar refractivity (Wildman–Crippen MR) is 90.3 cm³/mol. The minimum Gasteiger partial charge on any atom is -0.482 e. The molecule has 0 fully saturated rings. The standard InChI is InChI=1S/C18H18N2O4/c1-11-17(24-16-6-4-3-5-15(16)23-11)18(22)20-14-9-7-13(8-10-14)19-12(2)21/h3-11,17H,1-2H3,(H,19,21)(H,20,22)/t11-,17-/m1/s1. The molecule has 0 saturated heterocycles. The lowest BCUT2D eigenvalue weighted by Gasteiger charge is -2.31. The van der Waals surface area contributed by atoms with E-state index < -0.39 is 12.2 Å². The average molecular weight is 326 g/mol. The van der Waals surface area contributed by atoms with Crippen molar-refractivity contribution in [3.8, 4) is 11.5 Å². The topological polar surface area (TPSA) is 76.7 Å². The highest BCUT2D eigenvalue weighted by Gasteiger charge is 2.34. The number of ether oxygens (including phenoxy) is 2. The van der Waals surface area contributed by atoms with E-state index in [1.165, 1.54) is 6.92 Å². The molecule has 0 aliphatic carbocycles. The van der Waals surface area contributed by atoms with Crippen LogP contribution in [-0.4, -0.2) is 24.0 Å². The van der Waals surface area contributed by atoms with E-state index in [1.54, 1.807) is 43.3 Å². The first-order chi connectivity index (χ1) is 11.5. The summed E-state index contributed by atoms with van der Waals surface area (Å²) in [5.74, 6) is 0.752. The fraction of sp³-hybridized carbons (Fsp3) is 0.222. The van der Waals surface area contributed by atoms with Crippen LogP contribution in [0.4, 0.5) is 11.4 Å². The molecule has 0 aromatic heterocycles. The van der Waals surface area contributed by atoms with Gasteiger partial charge in [0, 0.05) is 18.3 Å². The summed E-state index contributed by atoms with van der Waals surface area (Å²) in [6, 6.07) is 14.1. The van der Waals surface area contributed by atoms with Crippen molar-refractivity contribution in [2.75, 3.05) is 10.6 Å². The van der Waals surface area contributed by atoms with E-state index >= 15 is 0 Å². The quantitative estimate of drug-likeness (QED) is 0.909. The molecule has 0 spiro atoms. The summed E-state index contributed by atoms with van der Waals surface area (Å²) in [5, 5.41) is 5.47. The molecule has 1 aliphatic heterocycles. The van der Waals surface area contributed by atoms with Gasteiger partial charge in [-0.1, -0.05) is 12.1 Å². The molecule has 0 bridgehead atoms. The van der Waals surface area contributed by atoms with Crippen LogP contribution in [0, 0.1) is 0 Å². The zero-order chi connectivity index (χ0) is 17.1. The van der Waals surface area contributed by atoms with Crippen LogP contribution in [0.15, 0.2) is 48.5 Å². The number of para-hydroxylation sites is 2. The van der Waals surface area contributed by atoms with E-state index in [0.717, 1.165) is 0 Å². The van der Waals surface area contributed by atoms with Crippen LogP contribution >= 0.6 is 0 Å². The van der Waals surface area contributed by atoms with Crippen LogP contribution < -0.4 is 20.1 Å². The van der Waals surface area contributed by atoms with Crippen LogP contribution in [0.2, 0.25) is 0 Å². The highest BCUT2D eigenvalue weighted by atomic mass is 16.6. The molecule has 2 amide bonds. The van der Waals surface area contributed by atoms with Gasteiger partial charge in [0.15, 0.2) is 11.5 Å². The van der Waals surface area contributed by atoms with Crippen molar-refractivity contribution < 1.29 is 19.1 Å². The van der Waals surface area contributed by atoms with Crippen LogP contribution in [0.25, 0.3) is 0 Å². The van der Waals surface area contributed by atoms with Gasteiger partial charge in [0.25, 0.3) is 5.91 Å². The minimum absolute atomic E-state index is 0.146. The van der Waals surface area contributed by atoms with E-state index in [-0.39, 0.29) is 11.8 Å². The molecule has 1 aliphatic rings. The zero-order valence-corrected chi connectivity index (χ0v) is 13.4. The molecule has 3 rings (SSSR count). The van der Waals surface area contributed by atoms with Crippen molar-refractivity contribution in [1.82, 2.24) is 0 Å². The number of anilines is 2. The lowest BCUT2D eigenvalue weighted by Crippen LogP contribution is -2.46. The number of benzene rings is 2. The normalized spacial score (nSPS) is 18.6. The maximum Gasteiger partial charge on any atom is 0.269 e. The van der Waals surface area contributed by atoms with Crippen molar-refractivity contribution >= 4 is 23.2 Å². The van der Waals surface area contributed by atoms with E-state index in [9.17, 15) is 9.59 Å². The van der Waals surface area contributed by atoms with E-state index in [2.05, 4.69) is 10.6 Å². The Hall–Kier alpha value is -3.02. The van der Waals surface area contributed by atoms with Gasteiger partial charge < -0.3 is 20.1 Å². The second-order valence-corrected chi connectivity index (χ2v) is 5.56. The van der Waals surface area contributed by atoms with Crippen LogP contribution in [0.1, 0.15) is 13.8 Å². The third-order valence-electron chi connectivity index (χ3n) is 3.57. The number of hydrogen-bond donors (Lipinski definition) is 2. The predicted octanol–water partition coefficient (Wildman–Crippen LogP) is 2.81. The number of fused-ring (bicyclic) bond motifs is 1. The van der Waals surface area contributed by atoms with Crippen LogP contribution in [-0.2, 0) is 9.59 Å². The van der Waals surface area contributed by atoms with Gasteiger partial charge in [-0.3, -0.25) is 9.59 Å². The highest BCUT2D eigenvalue weighted by molar-refractivity contribution is 5.95. The van der Waals surface area contributed by atoms with Gasteiger partial charge in [-0.2, -0.15) is 0 Å². The lowest BCUT2D eigenvalue weighted by atomic mass is 10.1. The monoisotopic (exact) mass is 326 g/mol. The van der Waals surface area contributed by atoms with Crippen molar-refractivity contribution in [2.45, 2.75) is 26.1 Å². The number of carbonyl (C=O) groups excluding carboxylic acids is 2. The molecular weight excluding hydrogens is 308 g/mol. The molecule has 6 heteroatoms. The molecule has 1 heterocycles. The van der Waals surface area contributed by atoms with E-state index in [0.29, 0.717) is 22.9 Å². The first kappa shape index (κ1) is 15.9. The molecule has 6 nitrogen and oxygen atoms in total. The van der Waals surface area contributed by atoms with Gasteiger partial charge in [-0.15, -0.1) is 0 Å². The summed E-state index contributed by atoms with van der Waals surface area (Å²) in [6.07, 6.45) is -1.14. The first-order valence-electron chi connectivity index (χ1n) is 7.64. The molecule has 2 aromatic rings. The smallest absolute Gasteiger partial charge is 0.269 e. The van der Waals surface area contributed by atoms with Crippen molar-refractivity contribution in [2.24, 2.45) is 0 Å². The van der Waals surface area contributed by atoms with Gasteiger partial charge in [0.2, 0.25) is 12.0 Å². The van der Waals surface area contributed by atoms with Gasteiger partial charge in [0.1, 0.15) is 6.10 Å². The highest BCUT2D eigenvalue weighted by Crippen LogP contribution is 2.33. The summed E-state index contributed by atoms with van der Waals surface area (Å²) in [6.45, 7) is 3.23. The summed E-state index contributed by atoms with van der Waals surface area (Å²) >= 11 is 0. The molecule has 124 valence electrons. The second kappa shape index (κ2) is 6.62. The number of nitrogens with one attached hydrogen (secondary N) is 2. The number of amides is 2. The maximum atomic E-state index is 12.5.